The molecule has 3 amide bonds. The van der Waals surface area contributed by atoms with Gasteiger partial charge in [0.1, 0.15) is 0 Å². The van der Waals surface area contributed by atoms with Gasteiger partial charge in [-0.1, -0.05) is 19.3 Å². The third kappa shape index (κ3) is 5.31. The van der Waals surface area contributed by atoms with Crippen LogP contribution < -0.4 is 5.32 Å². The average Bonchev–Trinajstić information content (AvgIpc) is 2.63. The zero-order valence-electron chi connectivity index (χ0n) is 15.4. The lowest BCUT2D eigenvalue weighted by molar-refractivity contribution is -0.139. The molecule has 0 bridgehead atoms. The largest absolute Gasteiger partial charge is 0.375 e. The number of nitrogens with zero attached hydrogens (tertiary/aromatic N) is 3. The molecule has 3 aliphatic rings. The van der Waals surface area contributed by atoms with Gasteiger partial charge in [0.2, 0.25) is 5.91 Å². The van der Waals surface area contributed by atoms with Gasteiger partial charge in [0.15, 0.2) is 0 Å². The van der Waals surface area contributed by atoms with E-state index in [9.17, 15) is 9.59 Å². The fraction of sp³-hybridized carbons (Fsp3) is 0.889. The quantitative estimate of drug-likeness (QED) is 0.819. The maximum atomic E-state index is 12.4. The Balaban J connectivity index is 1.37. The second-order valence-electron chi connectivity index (χ2n) is 7.57. The lowest BCUT2D eigenvalue weighted by atomic mass is 9.96. The van der Waals surface area contributed by atoms with Crippen molar-refractivity contribution < 1.29 is 14.3 Å². The second kappa shape index (κ2) is 8.85. The number of ether oxygens (including phenoxy) is 1. The Morgan fingerprint density at radius 1 is 1.00 bits per heavy atom. The molecule has 0 unspecified atom stereocenters. The molecule has 2 aliphatic heterocycles. The van der Waals surface area contributed by atoms with Gasteiger partial charge in [-0.25, -0.2) is 4.79 Å². The standard InChI is InChI=1S/C18H32N4O3/c1-15-13-22(11-12-25-15)17(23)14-20-7-9-21(10-8-20)18(24)19-16-5-3-2-4-6-16/h15-16H,2-14H2,1H3,(H,19,24)/t15-/m0/s1. The van der Waals surface area contributed by atoms with Crippen molar-refractivity contribution >= 4 is 11.9 Å². The summed E-state index contributed by atoms with van der Waals surface area (Å²) in [6.45, 7) is 7.38. The molecule has 25 heavy (non-hydrogen) atoms. The predicted octanol–water partition coefficient (Wildman–Crippen LogP) is 0.894. The number of morpholine rings is 1. The van der Waals surface area contributed by atoms with Crippen molar-refractivity contribution in [2.45, 2.75) is 51.2 Å². The first-order valence-electron chi connectivity index (χ1n) is 9.79. The topological polar surface area (TPSA) is 65.1 Å². The van der Waals surface area contributed by atoms with Gasteiger partial charge in [-0.05, 0) is 19.8 Å². The van der Waals surface area contributed by atoms with Crippen molar-refractivity contribution in [1.29, 1.82) is 0 Å². The summed E-state index contributed by atoms with van der Waals surface area (Å²) >= 11 is 0. The van der Waals surface area contributed by atoms with Crippen LogP contribution in [0.5, 0.6) is 0 Å². The molecule has 142 valence electrons. The van der Waals surface area contributed by atoms with Crippen LogP contribution in [0.3, 0.4) is 0 Å². The highest BCUT2D eigenvalue weighted by molar-refractivity contribution is 5.78. The fourth-order valence-corrected chi connectivity index (χ4v) is 3.96. The van der Waals surface area contributed by atoms with Gasteiger partial charge in [0.05, 0.1) is 19.3 Å². The van der Waals surface area contributed by atoms with Gasteiger partial charge < -0.3 is 19.9 Å². The number of rotatable bonds is 3. The average molecular weight is 352 g/mol. The summed E-state index contributed by atoms with van der Waals surface area (Å²) < 4.78 is 5.49. The summed E-state index contributed by atoms with van der Waals surface area (Å²) in [6, 6.07) is 0.420. The minimum atomic E-state index is 0.0693. The lowest BCUT2D eigenvalue weighted by Crippen LogP contribution is -2.55. The second-order valence-corrected chi connectivity index (χ2v) is 7.57. The Morgan fingerprint density at radius 3 is 2.40 bits per heavy atom. The van der Waals surface area contributed by atoms with E-state index in [0.29, 0.717) is 45.4 Å². The third-order valence-electron chi connectivity index (χ3n) is 5.54. The number of carbonyl (C=O) groups excluding carboxylic acids is 2. The van der Waals surface area contributed by atoms with Crippen molar-refractivity contribution in [2.24, 2.45) is 0 Å². The van der Waals surface area contributed by atoms with E-state index in [1.165, 1.54) is 19.3 Å². The van der Waals surface area contributed by atoms with Crippen molar-refractivity contribution in [1.82, 2.24) is 20.0 Å². The van der Waals surface area contributed by atoms with Crippen LogP contribution in [0.4, 0.5) is 4.79 Å². The maximum Gasteiger partial charge on any atom is 0.317 e. The van der Waals surface area contributed by atoms with E-state index in [4.69, 9.17) is 4.74 Å². The summed E-state index contributed by atoms with van der Waals surface area (Å²) in [4.78, 5) is 30.8. The van der Waals surface area contributed by atoms with E-state index in [0.717, 1.165) is 25.9 Å². The minimum Gasteiger partial charge on any atom is -0.375 e. The van der Waals surface area contributed by atoms with Crippen molar-refractivity contribution in [2.75, 3.05) is 52.4 Å². The smallest absolute Gasteiger partial charge is 0.317 e. The van der Waals surface area contributed by atoms with Gasteiger partial charge in [0, 0.05) is 45.3 Å². The summed E-state index contributed by atoms with van der Waals surface area (Å²) in [7, 11) is 0. The van der Waals surface area contributed by atoms with Crippen LogP contribution in [0, 0.1) is 0 Å². The number of hydrogen-bond donors (Lipinski definition) is 1. The van der Waals surface area contributed by atoms with Crippen molar-refractivity contribution in [3.63, 3.8) is 0 Å². The first kappa shape index (κ1) is 18.5. The highest BCUT2D eigenvalue weighted by Crippen LogP contribution is 2.17. The van der Waals surface area contributed by atoms with Gasteiger partial charge >= 0.3 is 6.03 Å². The molecule has 3 rings (SSSR count). The molecule has 7 heteroatoms. The Labute approximate surface area is 150 Å². The van der Waals surface area contributed by atoms with Crippen LogP contribution >= 0.6 is 0 Å². The Kier molecular flexibility index (Phi) is 6.53. The Bertz CT molecular complexity index is 459. The Hall–Kier alpha value is -1.34. The molecule has 1 saturated carbocycles. The van der Waals surface area contributed by atoms with Crippen LogP contribution in [0.2, 0.25) is 0 Å². The van der Waals surface area contributed by atoms with E-state index >= 15 is 0 Å². The summed E-state index contributed by atoms with van der Waals surface area (Å²) in [5, 5.41) is 3.18. The molecule has 1 atom stereocenters. The van der Waals surface area contributed by atoms with Crippen LogP contribution in [0.15, 0.2) is 0 Å². The molecular weight excluding hydrogens is 320 g/mol. The first-order valence-corrected chi connectivity index (χ1v) is 9.79. The summed E-state index contributed by atoms with van der Waals surface area (Å²) in [5.41, 5.74) is 0. The number of urea groups is 1. The molecule has 0 aromatic heterocycles. The normalized spacial score (nSPS) is 26.5. The van der Waals surface area contributed by atoms with Crippen molar-refractivity contribution in [3.05, 3.63) is 0 Å². The number of hydrogen-bond acceptors (Lipinski definition) is 4. The monoisotopic (exact) mass is 352 g/mol. The van der Waals surface area contributed by atoms with E-state index in [2.05, 4.69) is 10.2 Å². The van der Waals surface area contributed by atoms with Crippen LogP contribution in [-0.4, -0.2) is 91.2 Å². The fourth-order valence-electron chi connectivity index (χ4n) is 3.96. The zero-order chi connectivity index (χ0) is 17.6. The van der Waals surface area contributed by atoms with E-state index < -0.39 is 0 Å². The third-order valence-corrected chi connectivity index (χ3v) is 5.54. The maximum absolute atomic E-state index is 12.4. The predicted molar refractivity (Wildman–Crippen MR) is 95.4 cm³/mol. The summed E-state index contributed by atoms with van der Waals surface area (Å²) in [6.07, 6.45) is 6.08. The van der Waals surface area contributed by atoms with Gasteiger partial charge in [0.25, 0.3) is 0 Å². The van der Waals surface area contributed by atoms with Crippen LogP contribution in [0.25, 0.3) is 0 Å². The zero-order valence-corrected chi connectivity index (χ0v) is 15.4. The number of amides is 3. The number of nitrogens with one attached hydrogen (secondary N) is 1. The highest BCUT2D eigenvalue weighted by atomic mass is 16.5. The van der Waals surface area contributed by atoms with Crippen LogP contribution in [-0.2, 0) is 9.53 Å². The molecule has 0 radical (unpaired) electrons. The summed E-state index contributed by atoms with van der Waals surface area (Å²) in [5.74, 6) is 0.176. The molecule has 7 nitrogen and oxygen atoms in total. The molecule has 1 N–H and O–H groups in total. The molecular formula is C18H32N4O3. The van der Waals surface area contributed by atoms with Crippen LogP contribution in [0.1, 0.15) is 39.0 Å². The molecule has 3 fully saturated rings. The number of carbonyl (C=O) groups is 2. The van der Waals surface area contributed by atoms with E-state index in [-0.39, 0.29) is 18.0 Å². The molecule has 2 heterocycles. The number of piperazine rings is 1. The van der Waals surface area contributed by atoms with Crippen molar-refractivity contribution in [3.8, 4) is 0 Å². The van der Waals surface area contributed by atoms with E-state index in [1.807, 2.05) is 16.7 Å². The van der Waals surface area contributed by atoms with E-state index in [1.54, 1.807) is 0 Å². The van der Waals surface area contributed by atoms with Gasteiger partial charge in [-0.2, -0.15) is 0 Å². The molecule has 0 spiro atoms. The molecule has 1 aliphatic carbocycles. The van der Waals surface area contributed by atoms with Gasteiger partial charge in [-0.3, -0.25) is 9.69 Å². The molecule has 0 aromatic rings. The first-order chi connectivity index (χ1) is 12.1. The molecule has 0 aromatic carbocycles. The Morgan fingerprint density at radius 2 is 1.72 bits per heavy atom. The minimum absolute atomic E-state index is 0.0693. The highest BCUT2D eigenvalue weighted by Gasteiger charge is 2.27. The SMILES string of the molecule is C[C@H]1CN(C(=O)CN2CCN(C(=O)NC3CCCCC3)CC2)CCO1. The lowest BCUT2D eigenvalue weighted by Gasteiger charge is -2.37. The van der Waals surface area contributed by atoms with Gasteiger partial charge in [-0.15, -0.1) is 0 Å². The molecule has 2 saturated heterocycles.